The summed E-state index contributed by atoms with van der Waals surface area (Å²) in [5, 5.41) is 3.92. The predicted molar refractivity (Wildman–Crippen MR) is 84.2 cm³/mol. The van der Waals surface area contributed by atoms with E-state index in [1.165, 1.54) is 6.21 Å². The van der Waals surface area contributed by atoms with Crippen molar-refractivity contribution < 1.29 is 9.53 Å². The molecule has 0 aliphatic carbocycles. The summed E-state index contributed by atoms with van der Waals surface area (Å²) >= 11 is 6.79. The van der Waals surface area contributed by atoms with Crippen molar-refractivity contribution >= 4 is 44.0 Å². The van der Waals surface area contributed by atoms with Gasteiger partial charge >= 0.3 is 0 Å². The van der Waals surface area contributed by atoms with Crippen molar-refractivity contribution in [1.29, 1.82) is 0 Å². The van der Waals surface area contributed by atoms with Crippen LogP contribution in [0.2, 0.25) is 0 Å². The summed E-state index contributed by atoms with van der Waals surface area (Å²) in [5.74, 6) is 0.338. The molecule has 0 aliphatic rings. The van der Waals surface area contributed by atoms with E-state index in [4.69, 9.17) is 4.74 Å². The molecule has 2 rings (SSSR count). The molecule has 1 amide bonds. The number of hydrogen-bond acceptors (Lipinski definition) is 3. The van der Waals surface area contributed by atoms with Crippen molar-refractivity contribution in [2.45, 2.75) is 0 Å². The van der Waals surface area contributed by atoms with Gasteiger partial charge < -0.3 is 9.72 Å². The molecule has 2 aromatic rings. The maximum atomic E-state index is 11.7. The highest BCUT2D eigenvalue weighted by molar-refractivity contribution is 9.11. The van der Waals surface area contributed by atoms with E-state index in [9.17, 15) is 4.79 Å². The number of benzene rings is 1. The Morgan fingerprint density at radius 1 is 1.45 bits per heavy atom. The Morgan fingerprint density at radius 3 is 2.90 bits per heavy atom. The van der Waals surface area contributed by atoms with Crippen molar-refractivity contribution in [2.75, 3.05) is 7.11 Å². The number of amides is 1. The van der Waals surface area contributed by atoms with Crippen LogP contribution in [0.1, 0.15) is 16.1 Å². The highest BCUT2D eigenvalue weighted by Crippen LogP contribution is 2.31. The van der Waals surface area contributed by atoms with E-state index in [-0.39, 0.29) is 5.91 Å². The van der Waals surface area contributed by atoms with Crippen LogP contribution in [0.4, 0.5) is 0 Å². The number of aromatic nitrogens is 1. The standard InChI is InChI=1S/C13H11Br2N3O2/c1-20-12-8(5-9(14)6-10(12)15)7-17-18-13(19)11-3-2-4-16-11/h2-7,16H,1H3,(H,18,19)/b17-7-. The third kappa shape index (κ3) is 3.49. The lowest BCUT2D eigenvalue weighted by molar-refractivity contribution is 0.0951. The second-order valence-electron chi connectivity index (χ2n) is 3.79. The number of ether oxygens (including phenoxy) is 1. The van der Waals surface area contributed by atoms with Gasteiger partial charge in [-0.1, -0.05) is 15.9 Å². The summed E-state index contributed by atoms with van der Waals surface area (Å²) < 4.78 is 6.96. The Balaban J connectivity index is 2.14. The van der Waals surface area contributed by atoms with Crippen molar-refractivity contribution in [3.8, 4) is 5.75 Å². The second-order valence-corrected chi connectivity index (χ2v) is 5.56. The predicted octanol–water partition coefficient (Wildman–Crippen LogP) is 3.31. The Bertz CT molecular complexity index is 639. The van der Waals surface area contributed by atoms with Gasteiger partial charge in [0.25, 0.3) is 5.91 Å². The Hall–Kier alpha value is -1.60. The minimum absolute atomic E-state index is 0.306. The Morgan fingerprint density at radius 2 is 2.25 bits per heavy atom. The van der Waals surface area contributed by atoms with Gasteiger partial charge in [-0.15, -0.1) is 0 Å². The number of carbonyl (C=O) groups excluding carboxylic acids is 1. The molecule has 0 bridgehead atoms. The molecular weight excluding hydrogens is 390 g/mol. The first-order valence-electron chi connectivity index (χ1n) is 5.61. The number of carbonyl (C=O) groups is 1. The first-order chi connectivity index (χ1) is 9.61. The van der Waals surface area contributed by atoms with Crippen LogP contribution in [-0.4, -0.2) is 24.2 Å². The molecule has 0 radical (unpaired) electrons. The Labute approximate surface area is 132 Å². The molecule has 104 valence electrons. The average molecular weight is 401 g/mol. The minimum Gasteiger partial charge on any atom is -0.495 e. The normalized spacial score (nSPS) is 10.8. The number of nitrogens with one attached hydrogen (secondary N) is 2. The van der Waals surface area contributed by atoms with Gasteiger partial charge in [0, 0.05) is 16.2 Å². The number of hydrazone groups is 1. The first kappa shape index (κ1) is 14.8. The fraction of sp³-hybridized carbons (Fsp3) is 0.0769. The zero-order valence-corrected chi connectivity index (χ0v) is 13.7. The maximum absolute atomic E-state index is 11.7. The molecule has 7 heteroatoms. The van der Waals surface area contributed by atoms with Crippen LogP contribution < -0.4 is 10.2 Å². The number of halogens is 2. The van der Waals surface area contributed by atoms with E-state index in [0.29, 0.717) is 11.4 Å². The summed E-state index contributed by atoms with van der Waals surface area (Å²) in [7, 11) is 1.57. The molecule has 1 aromatic carbocycles. The molecule has 0 atom stereocenters. The number of methoxy groups -OCH3 is 1. The fourth-order valence-corrected chi connectivity index (χ4v) is 3.00. The van der Waals surface area contributed by atoms with E-state index < -0.39 is 0 Å². The van der Waals surface area contributed by atoms with Crippen molar-refractivity contribution in [2.24, 2.45) is 5.10 Å². The van der Waals surface area contributed by atoms with E-state index in [1.807, 2.05) is 12.1 Å². The van der Waals surface area contributed by atoms with E-state index in [0.717, 1.165) is 14.5 Å². The molecule has 0 fully saturated rings. The van der Waals surface area contributed by atoms with Crippen LogP contribution in [0.3, 0.4) is 0 Å². The number of H-pyrrole nitrogens is 1. The summed E-state index contributed by atoms with van der Waals surface area (Å²) in [5.41, 5.74) is 3.62. The van der Waals surface area contributed by atoms with E-state index in [1.54, 1.807) is 25.4 Å². The lowest BCUT2D eigenvalue weighted by atomic mass is 10.2. The fourth-order valence-electron chi connectivity index (χ4n) is 1.58. The highest BCUT2D eigenvalue weighted by atomic mass is 79.9. The zero-order chi connectivity index (χ0) is 14.5. The Kier molecular flexibility index (Phi) is 4.97. The second kappa shape index (κ2) is 6.71. The number of rotatable bonds is 4. The average Bonchev–Trinajstić information content (AvgIpc) is 2.92. The quantitative estimate of drug-likeness (QED) is 0.610. The van der Waals surface area contributed by atoms with Gasteiger partial charge in [0.2, 0.25) is 0 Å². The monoisotopic (exact) mass is 399 g/mol. The highest BCUT2D eigenvalue weighted by Gasteiger charge is 2.08. The molecule has 0 spiro atoms. The van der Waals surface area contributed by atoms with Crippen molar-refractivity contribution in [3.63, 3.8) is 0 Å². The minimum atomic E-state index is -0.306. The first-order valence-corrected chi connectivity index (χ1v) is 7.20. The molecule has 0 saturated heterocycles. The van der Waals surface area contributed by atoms with Crippen LogP contribution in [0.5, 0.6) is 5.75 Å². The van der Waals surface area contributed by atoms with Gasteiger partial charge in [0.15, 0.2) is 0 Å². The third-order valence-corrected chi connectivity index (χ3v) is 3.50. The molecular formula is C13H11Br2N3O2. The summed E-state index contributed by atoms with van der Waals surface area (Å²) in [6.45, 7) is 0. The van der Waals surface area contributed by atoms with Crippen LogP contribution >= 0.6 is 31.9 Å². The van der Waals surface area contributed by atoms with Crippen LogP contribution in [0.15, 0.2) is 44.5 Å². The SMILES string of the molecule is COc1c(Br)cc(Br)cc1/C=N\NC(=O)c1ccc[nH]1. The van der Waals surface area contributed by atoms with Gasteiger partial charge in [0.1, 0.15) is 11.4 Å². The summed E-state index contributed by atoms with van der Waals surface area (Å²) in [6, 6.07) is 7.12. The molecule has 1 heterocycles. The largest absolute Gasteiger partial charge is 0.495 e. The maximum Gasteiger partial charge on any atom is 0.287 e. The van der Waals surface area contributed by atoms with Crippen LogP contribution in [-0.2, 0) is 0 Å². The van der Waals surface area contributed by atoms with Crippen molar-refractivity contribution in [3.05, 3.63) is 50.7 Å². The topological polar surface area (TPSA) is 66.5 Å². The lowest BCUT2D eigenvalue weighted by Crippen LogP contribution is -2.17. The molecule has 0 saturated carbocycles. The van der Waals surface area contributed by atoms with E-state index >= 15 is 0 Å². The molecule has 20 heavy (non-hydrogen) atoms. The molecule has 2 N–H and O–H groups in total. The van der Waals surface area contributed by atoms with Gasteiger partial charge in [-0.2, -0.15) is 5.10 Å². The van der Waals surface area contributed by atoms with E-state index in [2.05, 4.69) is 47.4 Å². The molecule has 0 unspecified atom stereocenters. The smallest absolute Gasteiger partial charge is 0.287 e. The van der Waals surface area contributed by atoms with Gasteiger partial charge in [0.05, 0.1) is 17.8 Å². The van der Waals surface area contributed by atoms with Gasteiger partial charge in [-0.3, -0.25) is 4.79 Å². The van der Waals surface area contributed by atoms with Crippen molar-refractivity contribution in [1.82, 2.24) is 10.4 Å². The van der Waals surface area contributed by atoms with Crippen LogP contribution in [0, 0.1) is 0 Å². The summed E-state index contributed by atoms with van der Waals surface area (Å²) in [6.07, 6.45) is 3.20. The number of aromatic amines is 1. The number of nitrogens with zero attached hydrogens (tertiary/aromatic N) is 1. The molecule has 1 aromatic heterocycles. The molecule has 5 nitrogen and oxygen atoms in total. The molecule has 0 aliphatic heterocycles. The number of hydrogen-bond donors (Lipinski definition) is 2. The zero-order valence-electron chi connectivity index (χ0n) is 10.5. The lowest BCUT2D eigenvalue weighted by Gasteiger charge is -2.07. The third-order valence-electron chi connectivity index (χ3n) is 2.45. The van der Waals surface area contributed by atoms with Gasteiger partial charge in [-0.25, -0.2) is 5.43 Å². The van der Waals surface area contributed by atoms with Gasteiger partial charge in [-0.05, 0) is 40.2 Å². The van der Waals surface area contributed by atoms with Crippen LogP contribution in [0.25, 0.3) is 0 Å². The summed E-state index contributed by atoms with van der Waals surface area (Å²) in [4.78, 5) is 14.5.